The van der Waals surface area contributed by atoms with Crippen LogP contribution in [-0.4, -0.2) is 21.3 Å². The number of hydrogen-bond donors (Lipinski definition) is 0. The van der Waals surface area contributed by atoms with Gasteiger partial charge in [-0.2, -0.15) is 8.42 Å². The van der Waals surface area contributed by atoms with Crippen LogP contribution in [0.15, 0.2) is 0 Å². The standard InChI is InChI=1S/C18H38O3S/c1-3-4-5-6-7-8-9-10-11-12-13-14-15-16-17-18-21-22(2,19)20/h3-18H2,1-2H3/i14D2. The van der Waals surface area contributed by atoms with Gasteiger partial charge in [0.2, 0.25) is 0 Å². The lowest BCUT2D eigenvalue weighted by Crippen LogP contribution is -2.03. The van der Waals surface area contributed by atoms with E-state index >= 15 is 0 Å². The van der Waals surface area contributed by atoms with Crippen molar-refractivity contribution in [3.63, 3.8) is 0 Å². The molecular formula is C18H38O3S. The van der Waals surface area contributed by atoms with Gasteiger partial charge < -0.3 is 0 Å². The minimum absolute atomic E-state index is 0.160. The molecule has 4 heteroatoms. The van der Waals surface area contributed by atoms with E-state index in [1.165, 1.54) is 51.4 Å². The van der Waals surface area contributed by atoms with Crippen molar-refractivity contribution in [2.75, 3.05) is 12.9 Å². The summed E-state index contributed by atoms with van der Waals surface area (Å²) in [4.78, 5) is 0. The molecule has 0 radical (unpaired) electrons. The molecule has 0 atom stereocenters. The van der Waals surface area contributed by atoms with Crippen LogP contribution in [0.5, 0.6) is 0 Å². The molecule has 0 unspecified atom stereocenters. The van der Waals surface area contributed by atoms with Gasteiger partial charge in [-0.1, -0.05) is 96.8 Å². The van der Waals surface area contributed by atoms with E-state index in [0.29, 0.717) is 25.7 Å². The summed E-state index contributed by atoms with van der Waals surface area (Å²) < 4.78 is 42.3. The summed E-state index contributed by atoms with van der Waals surface area (Å²) in [5, 5.41) is 0. The van der Waals surface area contributed by atoms with E-state index in [4.69, 9.17) is 2.74 Å². The molecule has 0 aliphatic rings. The van der Waals surface area contributed by atoms with Gasteiger partial charge in [-0.15, -0.1) is 0 Å². The lowest BCUT2D eigenvalue weighted by atomic mass is 10.0. The van der Waals surface area contributed by atoms with Crippen LogP contribution in [0.1, 0.15) is 106 Å². The highest BCUT2D eigenvalue weighted by Gasteiger charge is 2.00. The zero-order valence-corrected chi connectivity index (χ0v) is 15.6. The third kappa shape index (κ3) is 19.9. The molecule has 0 spiro atoms. The Kier molecular flexibility index (Phi) is 13.1. The van der Waals surface area contributed by atoms with E-state index in [1.807, 2.05) is 0 Å². The van der Waals surface area contributed by atoms with Gasteiger partial charge in [-0.25, -0.2) is 0 Å². The van der Waals surface area contributed by atoms with Crippen molar-refractivity contribution in [1.29, 1.82) is 0 Å². The van der Waals surface area contributed by atoms with E-state index < -0.39 is 16.5 Å². The first kappa shape index (κ1) is 18.3. The Morgan fingerprint density at radius 1 is 0.727 bits per heavy atom. The largest absolute Gasteiger partial charge is 0.270 e. The van der Waals surface area contributed by atoms with Crippen LogP contribution in [0.2, 0.25) is 0 Å². The zero-order valence-electron chi connectivity index (χ0n) is 16.7. The normalized spacial score (nSPS) is 13.9. The second kappa shape index (κ2) is 15.8. The lowest BCUT2D eigenvalue weighted by Gasteiger charge is -2.03. The summed E-state index contributed by atoms with van der Waals surface area (Å²) in [7, 11) is -3.37. The third-order valence-corrected chi connectivity index (χ3v) is 4.35. The molecule has 0 bridgehead atoms. The minimum atomic E-state index is -3.37. The smallest absolute Gasteiger partial charge is 0.264 e. The summed E-state index contributed by atoms with van der Waals surface area (Å²) in [6.45, 7) is 2.40. The third-order valence-electron chi connectivity index (χ3n) is 3.75. The molecule has 0 aliphatic heterocycles. The Bertz CT molecular complexity index is 384. The molecule has 0 saturated heterocycles. The van der Waals surface area contributed by atoms with E-state index in [-0.39, 0.29) is 6.61 Å². The van der Waals surface area contributed by atoms with Gasteiger partial charge in [0.05, 0.1) is 12.9 Å². The van der Waals surface area contributed by atoms with Crippen molar-refractivity contribution < 1.29 is 15.3 Å². The summed E-state index contributed by atoms with van der Waals surface area (Å²) in [6.07, 6.45) is 14.8. The number of rotatable bonds is 17. The average molecular weight is 337 g/mol. The van der Waals surface area contributed by atoms with Crippen molar-refractivity contribution in [2.24, 2.45) is 0 Å². The summed E-state index contributed by atoms with van der Waals surface area (Å²) in [5.74, 6) is 0. The van der Waals surface area contributed by atoms with Crippen molar-refractivity contribution in [3.05, 3.63) is 0 Å². The second-order valence-electron chi connectivity index (χ2n) is 6.17. The Hall–Kier alpha value is -0.0900. The fraction of sp³-hybridized carbons (Fsp3) is 1.00. The quantitative estimate of drug-likeness (QED) is 0.248. The molecule has 3 nitrogen and oxygen atoms in total. The van der Waals surface area contributed by atoms with E-state index in [0.717, 1.165) is 19.1 Å². The van der Waals surface area contributed by atoms with Gasteiger partial charge in [-0.05, 0) is 6.42 Å². The molecule has 0 saturated carbocycles. The highest BCUT2D eigenvalue weighted by Crippen LogP contribution is 2.13. The van der Waals surface area contributed by atoms with E-state index in [9.17, 15) is 8.42 Å². The Morgan fingerprint density at radius 3 is 1.59 bits per heavy atom. The predicted octanol–water partition coefficient (Wildman–Crippen LogP) is 5.83. The molecule has 0 heterocycles. The molecule has 0 fully saturated rings. The predicted molar refractivity (Wildman–Crippen MR) is 95.7 cm³/mol. The van der Waals surface area contributed by atoms with Gasteiger partial charge in [0.1, 0.15) is 0 Å². The molecule has 22 heavy (non-hydrogen) atoms. The van der Waals surface area contributed by atoms with Crippen molar-refractivity contribution >= 4 is 10.1 Å². The Balaban J connectivity index is 3.44. The summed E-state index contributed by atoms with van der Waals surface area (Å²) in [5.41, 5.74) is 0. The van der Waals surface area contributed by atoms with Crippen LogP contribution < -0.4 is 0 Å². The first-order valence-electron chi connectivity index (χ1n) is 10.1. The Morgan fingerprint density at radius 2 is 1.14 bits per heavy atom. The highest BCUT2D eigenvalue weighted by molar-refractivity contribution is 7.85. The first-order valence-corrected chi connectivity index (χ1v) is 10.9. The maximum absolute atomic E-state index is 10.8. The zero-order chi connectivity index (χ0) is 18.3. The molecule has 134 valence electrons. The van der Waals surface area contributed by atoms with E-state index in [1.54, 1.807) is 0 Å². The lowest BCUT2D eigenvalue weighted by molar-refractivity contribution is 0.309. The molecule has 0 aromatic carbocycles. The maximum atomic E-state index is 10.8. The van der Waals surface area contributed by atoms with Crippen molar-refractivity contribution in [3.8, 4) is 0 Å². The maximum Gasteiger partial charge on any atom is 0.264 e. The minimum Gasteiger partial charge on any atom is -0.270 e. The first-order chi connectivity index (χ1) is 11.3. The Labute approximate surface area is 142 Å². The fourth-order valence-electron chi connectivity index (χ4n) is 2.42. The van der Waals surface area contributed by atoms with Crippen LogP contribution in [0.3, 0.4) is 0 Å². The molecule has 0 aromatic rings. The molecule has 0 N–H and O–H groups in total. The van der Waals surface area contributed by atoms with Crippen LogP contribution >= 0.6 is 0 Å². The highest BCUT2D eigenvalue weighted by atomic mass is 32.2. The van der Waals surface area contributed by atoms with Crippen LogP contribution in [0, 0.1) is 0 Å². The van der Waals surface area contributed by atoms with Gasteiger partial charge in [0.15, 0.2) is 0 Å². The van der Waals surface area contributed by atoms with Crippen molar-refractivity contribution in [1.82, 2.24) is 0 Å². The van der Waals surface area contributed by atoms with Crippen LogP contribution in [0.4, 0.5) is 0 Å². The molecule has 0 aromatic heterocycles. The van der Waals surface area contributed by atoms with Crippen LogP contribution in [0.25, 0.3) is 0 Å². The summed E-state index contributed by atoms with van der Waals surface area (Å²) >= 11 is 0. The number of hydrogen-bond acceptors (Lipinski definition) is 3. The SMILES string of the molecule is [2H]C([2H])(CCCCCCCCCCCC)CCCCOS(C)(=O)=O. The molecule has 0 rings (SSSR count). The van der Waals surface area contributed by atoms with E-state index in [2.05, 4.69) is 11.1 Å². The molecular weight excluding hydrogens is 296 g/mol. The second-order valence-corrected chi connectivity index (χ2v) is 7.81. The van der Waals surface area contributed by atoms with Gasteiger partial charge in [0.25, 0.3) is 10.1 Å². The average Bonchev–Trinajstić information content (AvgIpc) is 2.47. The van der Waals surface area contributed by atoms with Gasteiger partial charge >= 0.3 is 0 Å². The van der Waals surface area contributed by atoms with Gasteiger partial charge in [-0.3, -0.25) is 4.18 Å². The van der Waals surface area contributed by atoms with Crippen molar-refractivity contribution in [2.45, 2.75) is 103 Å². The fourth-order valence-corrected chi connectivity index (χ4v) is 2.85. The topological polar surface area (TPSA) is 43.4 Å². The number of unbranched alkanes of at least 4 members (excludes halogenated alkanes) is 10. The molecule has 0 aliphatic carbocycles. The molecule has 0 amide bonds. The van der Waals surface area contributed by atoms with Crippen LogP contribution in [-0.2, 0) is 14.3 Å². The monoisotopic (exact) mass is 336 g/mol. The summed E-state index contributed by atoms with van der Waals surface area (Å²) in [6, 6.07) is 0. The van der Waals surface area contributed by atoms with Gasteiger partial charge in [0, 0.05) is 2.74 Å².